The molecule has 1 heterocycles. The molecule has 2 aromatic rings. The molecule has 1 aliphatic heterocycles. The largest absolute Gasteiger partial charge is 0.497 e. The van der Waals surface area contributed by atoms with Gasteiger partial charge in [0, 0.05) is 24.2 Å². The molecule has 3 amide bonds. The van der Waals surface area contributed by atoms with E-state index in [0.717, 1.165) is 5.75 Å². The van der Waals surface area contributed by atoms with Crippen LogP contribution in [0.15, 0.2) is 48.5 Å². The van der Waals surface area contributed by atoms with Gasteiger partial charge in [-0.05, 0) is 49.4 Å². The molecule has 0 bridgehead atoms. The van der Waals surface area contributed by atoms with Gasteiger partial charge in [0.05, 0.1) is 19.6 Å². The second-order valence-electron chi connectivity index (χ2n) is 6.51. The summed E-state index contributed by atoms with van der Waals surface area (Å²) < 4.78 is 10.5. The number of anilines is 1. The number of amides is 3. The zero-order valence-electron chi connectivity index (χ0n) is 16.3. The first kappa shape index (κ1) is 20.2. The number of benzene rings is 2. The number of carbonyl (C=O) groups excluding carboxylic acids is 3. The van der Waals surface area contributed by atoms with Gasteiger partial charge in [0.2, 0.25) is 11.8 Å². The lowest BCUT2D eigenvalue weighted by atomic mass is 10.1. The summed E-state index contributed by atoms with van der Waals surface area (Å²) in [6, 6.07) is 13.7. The maximum atomic E-state index is 12.4. The van der Waals surface area contributed by atoms with Gasteiger partial charge in [-0.15, -0.1) is 0 Å². The number of rotatable bonds is 6. The highest BCUT2D eigenvalue weighted by Crippen LogP contribution is 2.27. The Hall–Kier alpha value is -3.55. The first-order valence-corrected chi connectivity index (χ1v) is 9.29. The van der Waals surface area contributed by atoms with Crippen molar-refractivity contribution in [2.24, 2.45) is 5.92 Å². The van der Waals surface area contributed by atoms with Gasteiger partial charge in [-0.25, -0.2) is 0 Å². The lowest BCUT2D eigenvalue weighted by Gasteiger charge is -2.17. The number of methoxy groups -OCH3 is 1. The van der Waals surface area contributed by atoms with Gasteiger partial charge in [0.25, 0.3) is 5.91 Å². The minimum absolute atomic E-state index is 0.0775. The predicted molar refractivity (Wildman–Crippen MR) is 107 cm³/mol. The summed E-state index contributed by atoms with van der Waals surface area (Å²) in [4.78, 5) is 38.5. The Bertz CT molecular complexity index is 897. The Balaban J connectivity index is 1.56. The van der Waals surface area contributed by atoms with Gasteiger partial charge in [0.15, 0.2) is 0 Å². The van der Waals surface area contributed by atoms with E-state index < -0.39 is 17.7 Å². The second-order valence-corrected chi connectivity index (χ2v) is 6.51. The summed E-state index contributed by atoms with van der Waals surface area (Å²) in [5.74, 6) is -0.324. The van der Waals surface area contributed by atoms with E-state index in [1.807, 2.05) is 6.92 Å². The standard InChI is InChI=1S/C21H23N3O5/c1-3-29-17-9-7-16(8-10-17)24-13-15(12-19(24)25)21(27)23-22-20(26)14-5-4-6-18(11-14)28-2/h4-11,15H,3,12-13H2,1-2H3,(H,22,26)(H,23,27)/t15-/m1/s1. The number of nitrogens with zero attached hydrogens (tertiary/aromatic N) is 1. The smallest absolute Gasteiger partial charge is 0.269 e. The average Bonchev–Trinajstić information content (AvgIpc) is 3.14. The molecule has 0 spiro atoms. The molecule has 1 atom stereocenters. The first-order valence-electron chi connectivity index (χ1n) is 9.29. The predicted octanol–water partition coefficient (Wildman–Crippen LogP) is 1.91. The van der Waals surface area contributed by atoms with Crippen molar-refractivity contribution in [3.8, 4) is 11.5 Å². The molecule has 1 saturated heterocycles. The molecule has 1 aliphatic rings. The Kier molecular flexibility index (Phi) is 6.33. The second kappa shape index (κ2) is 9.09. The molecule has 0 unspecified atom stereocenters. The van der Waals surface area contributed by atoms with Crippen molar-refractivity contribution in [1.29, 1.82) is 0 Å². The van der Waals surface area contributed by atoms with Crippen LogP contribution in [0.2, 0.25) is 0 Å². The minimum Gasteiger partial charge on any atom is -0.497 e. The quantitative estimate of drug-likeness (QED) is 0.726. The number of nitrogens with one attached hydrogen (secondary N) is 2. The molecular formula is C21H23N3O5. The molecule has 0 radical (unpaired) electrons. The molecular weight excluding hydrogens is 374 g/mol. The van der Waals surface area contributed by atoms with Crippen molar-refractivity contribution in [3.63, 3.8) is 0 Å². The molecule has 29 heavy (non-hydrogen) atoms. The zero-order chi connectivity index (χ0) is 20.8. The van der Waals surface area contributed by atoms with E-state index in [4.69, 9.17) is 9.47 Å². The van der Waals surface area contributed by atoms with Gasteiger partial charge in [-0.3, -0.25) is 25.2 Å². The van der Waals surface area contributed by atoms with Gasteiger partial charge in [0.1, 0.15) is 11.5 Å². The minimum atomic E-state index is -0.556. The Morgan fingerprint density at radius 3 is 2.55 bits per heavy atom. The van der Waals surface area contributed by atoms with Gasteiger partial charge in [-0.1, -0.05) is 6.07 Å². The fraction of sp³-hybridized carbons (Fsp3) is 0.286. The third kappa shape index (κ3) is 4.84. The van der Waals surface area contributed by atoms with E-state index in [1.54, 1.807) is 53.4 Å². The van der Waals surface area contributed by atoms with Crippen LogP contribution in [0.1, 0.15) is 23.7 Å². The molecule has 2 N–H and O–H groups in total. The van der Waals surface area contributed by atoms with Crippen molar-refractivity contribution in [2.45, 2.75) is 13.3 Å². The summed E-state index contributed by atoms with van der Waals surface area (Å²) in [5, 5.41) is 0. The van der Waals surface area contributed by atoms with Crippen molar-refractivity contribution in [2.75, 3.05) is 25.2 Å². The third-order valence-electron chi connectivity index (χ3n) is 4.59. The van der Waals surface area contributed by atoms with Crippen molar-refractivity contribution in [1.82, 2.24) is 10.9 Å². The molecule has 8 nitrogen and oxygen atoms in total. The highest BCUT2D eigenvalue weighted by molar-refractivity contribution is 6.01. The van der Waals surface area contributed by atoms with Crippen molar-refractivity contribution in [3.05, 3.63) is 54.1 Å². The molecule has 8 heteroatoms. The van der Waals surface area contributed by atoms with Crippen molar-refractivity contribution < 1.29 is 23.9 Å². The first-order chi connectivity index (χ1) is 14.0. The van der Waals surface area contributed by atoms with Crippen LogP contribution in [0.3, 0.4) is 0 Å². The van der Waals surface area contributed by atoms with Crippen LogP contribution in [0.4, 0.5) is 5.69 Å². The van der Waals surface area contributed by atoms with E-state index in [-0.39, 0.29) is 18.9 Å². The van der Waals surface area contributed by atoms with Gasteiger partial charge < -0.3 is 14.4 Å². The monoisotopic (exact) mass is 397 g/mol. The fourth-order valence-electron chi connectivity index (χ4n) is 3.08. The van der Waals surface area contributed by atoms with Crippen LogP contribution in [0.5, 0.6) is 11.5 Å². The maximum Gasteiger partial charge on any atom is 0.269 e. The molecule has 2 aromatic carbocycles. The third-order valence-corrected chi connectivity index (χ3v) is 4.59. The van der Waals surface area contributed by atoms with E-state index in [2.05, 4.69) is 10.9 Å². The Morgan fingerprint density at radius 2 is 1.86 bits per heavy atom. The van der Waals surface area contributed by atoms with E-state index in [9.17, 15) is 14.4 Å². The van der Waals surface area contributed by atoms with Crippen LogP contribution in [-0.2, 0) is 9.59 Å². The highest BCUT2D eigenvalue weighted by Gasteiger charge is 2.35. The number of ether oxygens (including phenoxy) is 2. The summed E-state index contributed by atoms with van der Waals surface area (Å²) in [6.07, 6.45) is 0.0775. The lowest BCUT2D eigenvalue weighted by Crippen LogP contribution is -2.45. The van der Waals surface area contributed by atoms with Crippen LogP contribution < -0.4 is 25.2 Å². The molecule has 0 aliphatic carbocycles. The van der Waals surface area contributed by atoms with Crippen LogP contribution >= 0.6 is 0 Å². The molecule has 1 fully saturated rings. The summed E-state index contributed by atoms with van der Waals surface area (Å²) in [6.45, 7) is 2.70. The normalized spacial score (nSPS) is 15.7. The van der Waals surface area contributed by atoms with Crippen molar-refractivity contribution >= 4 is 23.4 Å². The molecule has 0 aromatic heterocycles. The number of hydrazine groups is 1. The van der Waals surface area contributed by atoms with Gasteiger partial charge in [-0.2, -0.15) is 0 Å². The number of hydrogen-bond acceptors (Lipinski definition) is 5. The average molecular weight is 397 g/mol. The number of carbonyl (C=O) groups is 3. The van der Waals surface area contributed by atoms with E-state index >= 15 is 0 Å². The van der Waals surface area contributed by atoms with Crippen LogP contribution in [0.25, 0.3) is 0 Å². The highest BCUT2D eigenvalue weighted by atomic mass is 16.5. The van der Waals surface area contributed by atoms with Crippen LogP contribution in [0, 0.1) is 5.92 Å². The summed E-state index contributed by atoms with van der Waals surface area (Å²) in [7, 11) is 1.51. The zero-order valence-corrected chi connectivity index (χ0v) is 16.3. The summed E-state index contributed by atoms with van der Waals surface area (Å²) in [5.41, 5.74) is 5.83. The molecule has 0 saturated carbocycles. The maximum absolute atomic E-state index is 12.4. The Morgan fingerprint density at radius 1 is 1.10 bits per heavy atom. The van der Waals surface area contributed by atoms with Crippen LogP contribution in [-0.4, -0.2) is 38.0 Å². The van der Waals surface area contributed by atoms with Gasteiger partial charge >= 0.3 is 0 Å². The van der Waals surface area contributed by atoms with E-state index in [1.165, 1.54) is 7.11 Å². The molecule has 152 valence electrons. The lowest BCUT2D eigenvalue weighted by molar-refractivity contribution is -0.126. The topological polar surface area (TPSA) is 97.0 Å². The van der Waals surface area contributed by atoms with E-state index in [0.29, 0.717) is 23.6 Å². The SMILES string of the molecule is CCOc1ccc(N2C[C@H](C(=O)NNC(=O)c3cccc(OC)c3)CC2=O)cc1. The summed E-state index contributed by atoms with van der Waals surface area (Å²) >= 11 is 0. The Labute approximate surface area is 168 Å². The molecule has 3 rings (SSSR count). The number of hydrogen-bond donors (Lipinski definition) is 2. The fourth-order valence-corrected chi connectivity index (χ4v) is 3.08.